The lowest BCUT2D eigenvalue weighted by Gasteiger charge is -2.42. The van der Waals surface area contributed by atoms with Gasteiger partial charge in [0.05, 0.1) is 0 Å². The predicted octanol–water partition coefficient (Wildman–Crippen LogP) is 2.16. The Morgan fingerprint density at radius 1 is 1.40 bits per heavy atom. The van der Waals surface area contributed by atoms with E-state index in [-0.39, 0.29) is 0 Å². The van der Waals surface area contributed by atoms with E-state index in [4.69, 9.17) is 0 Å². The van der Waals surface area contributed by atoms with Gasteiger partial charge in [0.1, 0.15) is 5.78 Å². The largest absolute Gasteiger partial charge is 0.299 e. The summed E-state index contributed by atoms with van der Waals surface area (Å²) in [4.78, 5) is 11.3. The molecule has 0 heterocycles. The third kappa shape index (κ3) is 0.799. The van der Waals surface area contributed by atoms with Crippen molar-refractivity contribution in [1.82, 2.24) is 0 Å². The molecule has 3 saturated carbocycles. The number of Topliss-reactive ketones (excluding diaryl/α,β-unsaturated/α-hetero) is 1. The molecule has 0 aromatic carbocycles. The summed E-state index contributed by atoms with van der Waals surface area (Å²) in [6.07, 6.45) is 5.81. The van der Waals surface area contributed by atoms with Gasteiger partial charge < -0.3 is 0 Å². The molecule has 0 aromatic heterocycles. The Hall–Kier alpha value is -0.330. The Kier molecular flexibility index (Phi) is 1.17. The van der Waals surface area contributed by atoms with Gasteiger partial charge in [-0.15, -0.1) is 0 Å². The molecule has 0 radical (unpaired) electrons. The number of carbonyl (C=O) groups excluding carboxylic acids is 1. The van der Waals surface area contributed by atoms with E-state index in [1.165, 1.54) is 25.7 Å². The van der Waals surface area contributed by atoms with Gasteiger partial charge in [0.25, 0.3) is 0 Å². The van der Waals surface area contributed by atoms with Crippen molar-refractivity contribution in [3.8, 4) is 0 Å². The van der Waals surface area contributed by atoms with E-state index in [0.717, 1.165) is 6.42 Å². The maximum Gasteiger partial charge on any atom is 0.136 e. The van der Waals surface area contributed by atoms with Crippen molar-refractivity contribution in [2.24, 2.45) is 11.3 Å². The minimum absolute atomic E-state index is 0.409. The summed E-state index contributed by atoms with van der Waals surface area (Å²) in [6.45, 7) is 2.26. The minimum Gasteiger partial charge on any atom is -0.299 e. The van der Waals surface area contributed by atoms with Crippen LogP contribution in [0.2, 0.25) is 0 Å². The van der Waals surface area contributed by atoms with Gasteiger partial charge in [0.2, 0.25) is 0 Å². The van der Waals surface area contributed by atoms with Crippen molar-refractivity contribution in [3.05, 3.63) is 0 Å². The van der Waals surface area contributed by atoms with Crippen LogP contribution in [0, 0.1) is 11.3 Å². The molecular weight excluding hydrogens is 124 g/mol. The van der Waals surface area contributed by atoms with Gasteiger partial charge in [-0.25, -0.2) is 0 Å². The van der Waals surface area contributed by atoms with Crippen molar-refractivity contribution >= 4 is 5.78 Å². The minimum atomic E-state index is 0.409. The average molecular weight is 138 g/mol. The van der Waals surface area contributed by atoms with Gasteiger partial charge in [0.15, 0.2) is 0 Å². The summed E-state index contributed by atoms with van der Waals surface area (Å²) in [6, 6.07) is 0. The second kappa shape index (κ2) is 1.84. The standard InChI is InChI=1S/C9H14O/c1-9-4-2-7(3-5-9)8(10)6-9/h7H,2-6H2,1H3. The number of carbonyl (C=O) groups is 1. The summed E-state index contributed by atoms with van der Waals surface area (Å²) in [5.74, 6) is 1.00. The molecule has 2 bridgehead atoms. The van der Waals surface area contributed by atoms with Gasteiger partial charge in [0, 0.05) is 12.3 Å². The highest BCUT2D eigenvalue weighted by Gasteiger charge is 2.41. The van der Waals surface area contributed by atoms with Crippen LogP contribution in [0.1, 0.15) is 39.0 Å². The van der Waals surface area contributed by atoms with Crippen molar-refractivity contribution in [1.29, 1.82) is 0 Å². The van der Waals surface area contributed by atoms with E-state index in [2.05, 4.69) is 6.92 Å². The third-order valence-corrected chi connectivity index (χ3v) is 3.25. The highest BCUT2D eigenvalue weighted by molar-refractivity contribution is 5.83. The van der Waals surface area contributed by atoms with E-state index < -0.39 is 0 Å². The molecule has 1 heteroatoms. The third-order valence-electron chi connectivity index (χ3n) is 3.25. The first-order valence-electron chi connectivity index (χ1n) is 4.22. The fourth-order valence-corrected chi connectivity index (χ4v) is 2.38. The van der Waals surface area contributed by atoms with Crippen molar-refractivity contribution in [2.75, 3.05) is 0 Å². The van der Waals surface area contributed by atoms with Crippen LogP contribution in [0.15, 0.2) is 0 Å². The fourth-order valence-electron chi connectivity index (χ4n) is 2.38. The second-order valence-corrected chi connectivity index (χ2v) is 4.23. The van der Waals surface area contributed by atoms with Crippen LogP contribution >= 0.6 is 0 Å². The molecule has 10 heavy (non-hydrogen) atoms. The van der Waals surface area contributed by atoms with Crippen LogP contribution in [0.4, 0.5) is 0 Å². The summed E-state index contributed by atoms with van der Waals surface area (Å²) in [7, 11) is 0. The summed E-state index contributed by atoms with van der Waals surface area (Å²) in [5, 5.41) is 0. The van der Waals surface area contributed by atoms with Crippen molar-refractivity contribution in [2.45, 2.75) is 39.0 Å². The highest BCUT2D eigenvalue weighted by atomic mass is 16.1. The zero-order valence-electron chi connectivity index (χ0n) is 6.52. The zero-order valence-corrected chi connectivity index (χ0v) is 6.52. The molecule has 3 rings (SSSR count). The van der Waals surface area contributed by atoms with Crippen LogP contribution in [-0.2, 0) is 4.79 Å². The maximum absolute atomic E-state index is 11.3. The molecule has 3 fully saturated rings. The van der Waals surface area contributed by atoms with Crippen LogP contribution in [0.5, 0.6) is 0 Å². The van der Waals surface area contributed by atoms with Gasteiger partial charge >= 0.3 is 0 Å². The maximum atomic E-state index is 11.3. The van der Waals surface area contributed by atoms with Crippen molar-refractivity contribution in [3.63, 3.8) is 0 Å². The lowest BCUT2D eigenvalue weighted by molar-refractivity contribution is -0.132. The number of hydrogen-bond acceptors (Lipinski definition) is 1. The second-order valence-electron chi connectivity index (χ2n) is 4.23. The number of hydrogen-bond donors (Lipinski definition) is 0. The van der Waals surface area contributed by atoms with E-state index in [9.17, 15) is 4.79 Å². The number of ketones is 1. The Bertz CT molecular complexity index is 164. The molecule has 0 atom stereocenters. The van der Waals surface area contributed by atoms with E-state index >= 15 is 0 Å². The first kappa shape index (κ1) is 6.38. The summed E-state index contributed by atoms with van der Waals surface area (Å²) >= 11 is 0. The van der Waals surface area contributed by atoms with Crippen LogP contribution in [0.25, 0.3) is 0 Å². The smallest absolute Gasteiger partial charge is 0.136 e. The fraction of sp³-hybridized carbons (Fsp3) is 0.889. The first-order chi connectivity index (χ1) is 4.70. The van der Waals surface area contributed by atoms with Crippen LogP contribution in [-0.4, -0.2) is 5.78 Å². The van der Waals surface area contributed by atoms with Crippen molar-refractivity contribution < 1.29 is 4.79 Å². The van der Waals surface area contributed by atoms with Gasteiger partial charge in [-0.3, -0.25) is 4.79 Å². The average Bonchev–Trinajstić information content (AvgIpc) is 1.87. The molecule has 3 aliphatic carbocycles. The van der Waals surface area contributed by atoms with E-state index in [1.807, 2.05) is 0 Å². The summed E-state index contributed by atoms with van der Waals surface area (Å²) in [5.41, 5.74) is 0.409. The molecule has 3 aliphatic rings. The molecule has 1 nitrogen and oxygen atoms in total. The van der Waals surface area contributed by atoms with Crippen LogP contribution in [0.3, 0.4) is 0 Å². The van der Waals surface area contributed by atoms with Crippen LogP contribution < -0.4 is 0 Å². The van der Waals surface area contributed by atoms with Gasteiger partial charge in [-0.05, 0) is 31.1 Å². The Labute approximate surface area is 61.8 Å². The summed E-state index contributed by atoms with van der Waals surface area (Å²) < 4.78 is 0. The molecule has 0 aromatic rings. The first-order valence-corrected chi connectivity index (χ1v) is 4.22. The van der Waals surface area contributed by atoms with Gasteiger partial charge in [-0.1, -0.05) is 6.92 Å². The topological polar surface area (TPSA) is 17.1 Å². The lowest BCUT2D eigenvalue weighted by Crippen LogP contribution is -2.38. The monoisotopic (exact) mass is 138 g/mol. The molecular formula is C9H14O. The predicted molar refractivity (Wildman–Crippen MR) is 39.7 cm³/mol. The normalized spacial score (nSPS) is 46.1. The van der Waals surface area contributed by atoms with E-state index in [0.29, 0.717) is 17.1 Å². The number of rotatable bonds is 0. The quantitative estimate of drug-likeness (QED) is 0.501. The van der Waals surface area contributed by atoms with Gasteiger partial charge in [-0.2, -0.15) is 0 Å². The highest BCUT2D eigenvalue weighted by Crippen LogP contribution is 2.47. The molecule has 0 amide bonds. The molecule has 0 saturated heterocycles. The number of fused-ring (bicyclic) bond motifs is 3. The van der Waals surface area contributed by atoms with E-state index in [1.54, 1.807) is 0 Å². The molecule has 56 valence electrons. The molecule has 0 unspecified atom stereocenters. The Morgan fingerprint density at radius 2 is 2.00 bits per heavy atom. The molecule has 0 N–H and O–H groups in total. The molecule has 0 aliphatic heterocycles. The zero-order chi connectivity index (χ0) is 7.19. The Balaban J connectivity index is 2.22. The Morgan fingerprint density at radius 3 is 2.30 bits per heavy atom. The lowest BCUT2D eigenvalue weighted by atomic mass is 9.61. The molecule has 0 spiro atoms. The SMILES string of the molecule is CC12CCC(CC1)C(=O)C2.